The topological polar surface area (TPSA) is 15.3 Å². The van der Waals surface area contributed by atoms with E-state index in [2.05, 4.69) is 28.6 Å². The minimum atomic E-state index is -0.181. The highest BCUT2D eigenvalue weighted by atomic mass is 32.1. The zero-order chi connectivity index (χ0) is 13.9. The first kappa shape index (κ1) is 13.6. The van der Waals surface area contributed by atoms with E-state index in [1.54, 1.807) is 12.1 Å². The molecule has 2 heterocycles. The van der Waals surface area contributed by atoms with Gasteiger partial charge in [-0.15, -0.1) is 11.3 Å². The van der Waals surface area contributed by atoms with Gasteiger partial charge in [0.2, 0.25) is 0 Å². The van der Waals surface area contributed by atoms with Crippen LogP contribution in [0, 0.1) is 5.82 Å². The number of nitrogens with zero attached hydrogens (tertiary/aromatic N) is 1. The Hall–Kier alpha value is -1.39. The molecule has 0 amide bonds. The predicted molar refractivity (Wildman–Crippen MR) is 82.9 cm³/mol. The van der Waals surface area contributed by atoms with Crippen LogP contribution < -0.4 is 5.32 Å². The third-order valence-corrected chi connectivity index (χ3v) is 4.99. The van der Waals surface area contributed by atoms with Gasteiger partial charge in [-0.2, -0.15) is 0 Å². The number of nitrogens with one attached hydrogen (secondary N) is 1. The van der Waals surface area contributed by atoms with Crippen molar-refractivity contribution in [3.63, 3.8) is 0 Å². The highest BCUT2D eigenvalue weighted by Gasteiger charge is 2.23. The first-order valence-corrected chi connectivity index (χ1v) is 7.92. The van der Waals surface area contributed by atoms with Crippen molar-refractivity contribution < 1.29 is 4.39 Å². The minimum Gasteiger partial charge on any atom is -0.381 e. The number of rotatable bonds is 4. The fourth-order valence-electron chi connectivity index (χ4n) is 2.81. The van der Waals surface area contributed by atoms with Crippen molar-refractivity contribution in [2.24, 2.45) is 0 Å². The summed E-state index contributed by atoms with van der Waals surface area (Å²) in [4.78, 5) is 3.99. The van der Waals surface area contributed by atoms with E-state index in [4.69, 9.17) is 0 Å². The van der Waals surface area contributed by atoms with Gasteiger partial charge in [0.15, 0.2) is 0 Å². The van der Waals surface area contributed by atoms with Crippen molar-refractivity contribution in [1.82, 2.24) is 4.90 Å². The summed E-state index contributed by atoms with van der Waals surface area (Å²) < 4.78 is 13.5. The van der Waals surface area contributed by atoms with Crippen LogP contribution in [0.1, 0.15) is 23.4 Å². The zero-order valence-corrected chi connectivity index (χ0v) is 12.4. The van der Waals surface area contributed by atoms with E-state index in [0.29, 0.717) is 11.7 Å². The Morgan fingerprint density at radius 1 is 1.35 bits per heavy atom. The molecule has 0 spiro atoms. The molecule has 1 aliphatic heterocycles. The van der Waals surface area contributed by atoms with Gasteiger partial charge in [0.05, 0.1) is 5.69 Å². The quantitative estimate of drug-likeness (QED) is 0.918. The summed E-state index contributed by atoms with van der Waals surface area (Å²) >= 11 is 1.86. The normalized spacial score (nSPS) is 18.8. The second kappa shape index (κ2) is 5.94. The third-order valence-electron chi connectivity index (χ3n) is 3.99. The van der Waals surface area contributed by atoms with Crippen LogP contribution in [0.15, 0.2) is 35.7 Å². The van der Waals surface area contributed by atoms with Crippen LogP contribution in [0.2, 0.25) is 0 Å². The van der Waals surface area contributed by atoms with E-state index in [-0.39, 0.29) is 5.82 Å². The predicted octanol–water partition coefficient (Wildman–Crippen LogP) is 3.92. The summed E-state index contributed by atoms with van der Waals surface area (Å²) in [7, 11) is 0. The molecule has 1 N–H and O–H groups in total. The van der Waals surface area contributed by atoms with Crippen molar-refractivity contribution in [2.45, 2.75) is 19.4 Å². The second-order valence-electron chi connectivity index (χ2n) is 5.17. The van der Waals surface area contributed by atoms with Gasteiger partial charge in [-0.3, -0.25) is 4.90 Å². The molecule has 1 aromatic carbocycles. The molecule has 0 radical (unpaired) electrons. The van der Waals surface area contributed by atoms with Crippen LogP contribution in [-0.4, -0.2) is 24.5 Å². The summed E-state index contributed by atoms with van der Waals surface area (Å²) in [6.07, 6.45) is 1.14. The first-order valence-electron chi connectivity index (χ1n) is 7.04. The van der Waals surface area contributed by atoms with Gasteiger partial charge in [0, 0.05) is 30.6 Å². The van der Waals surface area contributed by atoms with Crippen LogP contribution in [0.3, 0.4) is 0 Å². The molecule has 2 aromatic rings. The Kier molecular flexibility index (Phi) is 4.03. The average molecular weight is 290 g/mol. The standard InChI is InChI=1S/C16H19FN2S/c1-12-13-7-11-20-16(13)6-9-19(12)10-8-18-15-5-3-2-4-14(15)17/h2-5,7,11-12,18H,6,8-10H2,1H3. The Morgan fingerprint density at radius 3 is 3.05 bits per heavy atom. The molecule has 0 saturated carbocycles. The number of hydrogen-bond donors (Lipinski definition) is 1. The number of halogens is 1. The number of hydrogen-bond acceptors (Lipinski definition) is 3. The number of anilines is 1. The lowest BCUT2D eigenvalue weighted by atomic mass is 10.0. The molecule has 1 atom stereocenters. The molecule has 2 nitrogen and oxygen atoms in total. The monoisotopic (exact) mass is 290 g/mol. The van der Waals surface area contributed by atoms with E-state index >= 15 is 0 Å². The maximum atomic E-state index is 13.5. The summed E-state index contributed by atoms with van der Waals surface area (Å²) in [5.41, 5.74) is 2.06. The van der Waals surface area contributed by atoms with Crippen LogP contribution in [0.4, 0.5) is 10.1 Å². The van der Waals surface area contributed by atoms with Gasteiger partial charge in [0.1, 0.15) is 5.82 Å². The number of benzene rings is 1. The first-order chi connectivity index (χ1) is 9.75. The molecule has 4 heteroatoms. The fourth-order valence-corrected chi connectivity index (χ4v) is 3.77. The van der Waals surface area contributed by atoms with Crippen molar-refractivity contribution in [1.29, 1.82) is 0 Å². The minimum absolute atomic E-state index is 0.181. The number of fused-ring (bicyclic) bond motifs is 1. The Labute approximate surface area is 123 Å². The molecule has 1 aliphatic rings. The molecule has 0 saturated heterocycles. The van der Waals surface area contributed by atoms with Crippen LogP contribution in [-0.2, 0) is 6.42 Å². The average Bonchev–Trinajstić information content (AvgIpc) is 2.93. The maximum Gasteiger partial charge on any atom is 0.146 e. The van der Waals surface area contributed by atoms with Gasteiger partial charge in [-0.25, -0.2) is 4.39 Å². The summed E-state index contributed by atoms with van der Waals surface area (Å²) in [5.74, 6) is -0.181. The number of thiophene rings is 1. The highest BCUT2D eigenvalue weighted by Crippen LogP contribution is 2.32. The van der Waals surface area contributed by atoms with Gasteiger partial charge < -0.3 is 5.32 Å². The van der Waals surface area contributed by atoms with Gasteiger partial charge in [0.25, 0.3) is 0 Å². The Morgan fingerprint density at radius 2 is 2.20 bits per heavy atom. The summed E-state index contributed by atoms with van der Waals surface area (Å²) in [5, 5.41) is 5.37. The smallest absolute Gasteiger partial charge is 0.146 e. The van der Waals surface area contributed by atoms with Crippen molar-refractivity contribution in [3.8, 4) is 0 Å². The molecule has 1 aromatic heterocycles. The Balaban J connectivity index is 1.56. The lowest BCUT2D eigenvalue weighted by Gasteiger charge is -2.33. The SMILES string of the molecule is CC1c2ccsc2CCN1CCNc1ccccc1F. The van der Waals surface area contributed by atoms with Gasteiger partial charge in [-0.1, -0.05) is 12.1 Å². The maximum absolute atomic E-state index is 13.5. The van der Waals surface area contributed by atoms with Crippen molar-refractivity contribution in [2.75, 3.05) is 25.0 Å². The molecule has 3 rings (SSSR count). The van der Waals surface area contributed by atoms with E-state index in [9.17, 15) is 4.39 Å². The molecule has 0 fully saturated rings. The second-order valence-corrected chi connectivity index (χ2v) is 6.17. The third kappa shape index (κ3) is 2.72. The zero-order valence-electron chi connectivity index (χ0n) is 11.6. The van der Waals surface area contributed by atoms with Crippen molar-refractivity contribution in [3.05, 3.63) is 52.0 Å². The van der Waals surface area contributed by atoms with Crippen LogP contribution >= 0.6 is 11.3 Å². The lowest BCUT2D eigenvalue weighted by Crippen LogP contribution is -2.36. The van der Waals surface area contributed by atoms with E-state index in [1.807, 2.05) is 17.4 Å². The van der Waals surface area contributed by atoms with E-state index in [0.717, 1.165) is 26.1 Å². The molecule has 0 bridgehead atoms. The van der Waals surface area contributed by atoms with Gasteiger partial charge in [-0.05, 0) is 42.5 Å². The number of para-hydroxylation sites is 1. The summed E-state index contributed by atoms with van der Waals surface area (Å²) in [6.45, 7) is 5.05. The molecule has 1 unspecified atom stereocenters. The highest BCUT2D eigenvalue weighted by molar-refractivity contribution is 7.10. The van der Waals surface area contributed by atoms with E-state index in [1.165, 1.54) is 16.5 Å². The van der Waals surface area contributed by atoms with Gasteiger partial charge >= 0.3 is 0 Å². The van der Waals surface area contributed by atoms with Crippen LogP contribution in [0.25, 0.3) is 0 Å². The molecule has 0 aliphatic carbocycles. The molecular formula is C16H19FN2S. The molecular weight excluding hydrogens is 271 g/mol. The largest absolute Gasteiger partial charge is 0.381 e. The fraction of sp³-hybridized carbons (Fsp3) is 0.375. The van der Waals surface area contributed by atoms with Crippen LogP contribution in [0.5, 0.6) is 0 Å². The van der Waals surface area contributed by atoms with E-state index < -0.39 is 0 Å². The summed E-state index contributed by atoms with van der Waals surface area (Å²) in [6, 6.07) is 9.54. The Bertz CT molecular complexity index is 581. The van der Waals surface area contributed by atoms with Crippen molar-refractivity contribution >= 4 is 17.0 Å². The lowest BCUT2D eigenvalue weighted by molar-refractivity contribution is 0.208. The molecule has 20 heavy (non-hydrogen) atoms. The molecule has 106 valence electrons.